The molecule has 1 aliphatic heterocycles. The van der Waals surface area contributed by atoms with E-state index in [0.29, 0.717) is 10.7 Å². The Kier molecular flexibility index (Phi) is 4.18. The van der Waals surface area contributed by atoms with Crippen LogP contribution < -0.4 is 4.90 Å². The number of aryl methyl sites for hydroxylation is 1. The first-order chi connectivity index (χ1) is 12.6. The van der Waals surface area contributed by atoms with Crippen LogP contribution in [0.25, 0.3) is 5.76 Å². The van der Waals surface area contributed by atoms with E-state index in [1.54, 1.807) is 23.7 Å². The molecule has 0 unspecified atom stereocenters. The van der Waals surface area contributed by atoms with Crippen molar-refractivity contribution in [3.05, 3.63) is 74.9 Å². The van der Waals surface area contributed by atoms with E-state index in [1.807, 2.05) is 36.6 Å². The summed E-state index contributed by atoms with van der Waals surface area (Å²) in [7, 11) is 0. The fourth-order valence-electron chi connectivity index (χ4n) is 2.95. The van der Waals surface area contributed by atoms with Gasteiger partial charge in [-0.15, -0.1) is 22.7 Å². The summed E-state index contributed by atoms with van der Waals surface area (Å²) in [6.07, 6.45) is 1.59. The van der Waals surface area contributed by atoms with Crippen LogP contribution in [0.3, 0.4) is 0 Å². The quantitative estimate of drug-likeness (QED) is 0.420. The maximum Gasteiger partial charge on any atom is 0.301 e. The number of benzene rings is 1. The second kappa shape index (κ2) is 6.51. The van der Waals surface area contributed by atoms with E-state index in [-0.39, 0.29) is 11.3 Å². The summed E-state index contributed by atoms with van der Waals surface area (Å²) in [6, 6.07) is 10.2. The zero-order chi connectivity index (χ0) is 18.3. The van der Waals surface area contributed by atoms with Crippen LogP contribution in [0.5, 0.6) is 0 Å². The number of aliphatic hydroxyl groups is 1. The molecule has 1 atom stereocenters. The lowest BCUT2D eigenvalue weighted by atomic mass is 9.99. The van der Waals surface area contributed by atoms with Gasteiger partial charge in [-0.3, -0.25) is 14.5 Å². The summed E-state index contributed by atoms with van der Waals surface area (Å²) in [5, 5.41) is 14.9. The van der Waals surface area contributed by atoms with Crippen molar-refractivity contribution in [3.63, 3.8) is 0 Å². The second-order valence-corrected chi connectivity index (χ2v) is 7.72. The summed E-state index contributed by atoms with van der Waals surface area (Å²) in [5.74, 6) is -1.54. The van der Waals surface area contributed by atoms with E-state index in [1.165, 1.54) is 27.6 Å². The van der Waals surface area contributed by atoms with Crippen LogP contribution in [-0.2, 0) is 9.59 Å². The zero-order valence-corrected chi connectivity index (χ0v) is 15.4. The van der Waals surface area contributed by atoms with Gasteiger partial charge in [-0.2, -0.15) is 0 Å². The Morgan fingerprint density at radius 3 is 2.50 bits per heavy atom. The number of carbonyl (C=O) groups excluding carboxylic acids is 2. The zero-order valence-electron chi connectivity index (χ0n) is 13.7. The van der Waals surface area contributed by atoms with Gasteiger partial charge >= 0.3 is 5.91 Å². The molecule has 1 aliphatic rings. The topological polar surface area (TPSA) is 70.5 Å². The predicted molar refractivity (Wildman–Crippen MR) is 102 cm³/mol. The van der Waals surface area contributed by atoms with Gasteiger partial charge in [-0.1, -0.05) is 35.9 Å². The van der Waals surface area contributed by atoms with E-state index in [0.717, 1.165) is 10.4 Å². The highest BCUT2D eigenvalue weighted by atomic mass is 32.1. The molecule has 0 aliphatic carbocycles. The lowest BCUT2D eigenvalue weighted by molar-refractivity contribution is -0.132. The lowest BCUT2D eigenvalue weighted by Crippen LogP contribution is -2.28. The first-order valence-corrected chi connectivity index (χ1v) is 9.65. The third-order valence-electron chi connectivity index (χ3n) is 4.21. The van der Waals surface area contributed by atoms with Gasteiger partial charge < -0.3 is 5.11 Å². The number of carbonyl (C=O) groups is 2. The lowest BCUT2D eigenvalue weighted by Gasteiger charge is -2.21. The number of nitrogens with zero attached hydrogens (tertiary/aromatic N) is 2. The molecule has 1 fully saturated rings. The third-order valence-corrected chi connectivity index (χ3v) is 5.90. The van der Waals surface area contributed by atoms with Crippen molar-refractivity contribution in [2.45, 2.75) is 13.0 Å². The van der Waals surface area contributed by atoms with Gasteiger partial charge in [0.2, 0.25) is 0 Å². The molecule has 0 radical (unpaired) electrons. The molecule has 4 rings (SSSR count). The van der Waals surface area contributed by atoms with Crippen LogP contribution in [0.15, 0.2) is 58.9 Å². The van der Waals surface area contributed by atoms with E-state index in [9.17, 15) is 14.7 Å². The summed E-state index contributed by atoms with van der Waals surface area (Å²) < 4.78 is 0. The Morgan fingerprint density at radius 1 is 1.12 bits per heavy atom. The number of hydrogen-bond donors (Lipinski definition) is 1. The van der Waals surface area contributed by atoms with Crippen LogP contribution in [0, 0.1) is 6.92 Å². The number of amides is 1. The second-order valence-electron chi connectivity index (χ2n) is 5.87. The Morgan fingerprint density at radius 2 is 1.88 bits per heavy atom. The van der Waals surface area contributed by atoms with Crippen LogP contribution in [0.1, 0.15) is 22.0 Å². The number of Topliss-reactive ketones (excluding diaryl/α,β-unsaturated/α-hetero) is 1. The molecular weight excluding hydrogens is 368 g/mol. The number of thiophene rings is 1. The maximum absolute atomic E-state index is 12.8. The summed E-state index contributed by atoms with van der Waals surface area (Å²) in [6.45, 7) is 1.94. The number of aromatic nitrogens is 1. The third kappa shape index (κ3) is 2.65. The van der Waals surface area contributed by atoms with E-state index in [4.69, 9.17) is 0 Å². The molecule has 5 nitrogen and oxygen atoms in total. The molecule has 26 heavy (non-hydrogen) atoms. The Balaban J connectivity index is 1.92. The molecule has 7 heteroatoms. The summed E-state index contributed by atoms with van der Waals surface area (Å²) >= 11 is 2.71. The molecule has 1 saturated heterocycles. The fourth-order valence-corrected chi connectivity index (χ4v) is 4.44. The van der Waals surface area contributed by atoms with Gasteiger partial charge in [0.25, 0.3) is 5.78 Å². The smallest absolute Gasteiger partial charge is 0.301 e. The largest absolute Gasteiger partial charge is 0.507 e. The SMILES string of the molecule is Cc1ccc(C(O)=C2C(=O)C(=O)N(c3nccs3)[C@@H]2c2cccs2)cc1. The molecule has 0 saturated carbocycles. The van der Waals surface area contributed by atoms with Crippen LogP contribution >= 0.6 is 22.7 Å². The van der Waals surface area contributed by atoms with Crippen molar-refractivity contribution in [1.82, 2.24) is 4.98 Å². The Bertz CT molecular complexity index is 990. The monoisotopic (exact) mass is 382 g/mol. The normalized spacial score (nSPS) is 19.3. The minimum absolute atomic E-state index is 0.0940. The van der Waals surface area contributed by atoms with Crippen molar-refractivity contribution in [1.29, 1.82) is 0 Å². The number of anilines is 1. The molecule has 2 aromatic heterocycles. The van der Waals surface area contributed by atoms with E-state index >= 15 is 0 Å². The Hall–Kier alpha value is -2.77. The van der Waals surface area contributed by atoms with Crippen molar-refractivity contribution in [2.75, 3.05) is 4.90 Å². The van der Waals surface area contributed by atoms with Gasteiger partial charge in [-0.25, -0.2) is 4.98 Å². The number of thiazole rings is 1. The molecule has 1 N–H and O–H groups in total. The minimum Gasteiger partial charge on any atom is -0.507 e. The van der Waals surface area contributed by atoms with Crippen molar-refractivity contribution in [3.8, 4) is 0 Å². The highest BCUT2D eigenvalue weighted by molar-refractivity contribution is 7.14. The molecular formula is C19H14N2O3S2. The molecule has 3 heterocycles. The number of ketones is 1. The molecule has 3 aromatic rings. The van der Waals surface area contributed by atoms with Gasteiger partial charge in [-0.05, 0) is 18.4 Å². The van der Waals surface area contributed by atoms with E-state index < -0.39 is 17.7 Å². The predicted octanol–water partition coefficient (Wildman–Crippen LogP) is 4.14. The summed E-state index contributed by atoms with van der Waals surface area (Å²) in [4.78, 5) is 31.8. The van der Waals surface area contributed by atoms with Crippen molar-refractivity contribution >= 4 is 45.3 Å². The first kappa shape index (κ1) is 16.7. The minimum atomic E-state index is -0.698. The van der Waals surface area contributed by atoms with E-state index in [2.05, 4.69) is 4.98 Å². The average Bonchev–Trinajstić information content (AvgIpc) is 3.37. The summed E-state index contributed by atoms with van der Waals surface area (Å²) in [5.41, 5.74) is 1.64. The van der Waals surface area contributed by atoms with Gasteiger partial charge in [0, 0.05) is 22.0 Å². The molecule has 0 bridgehead atoms. The first-order valence-electron chi connectivity index (χ1n) is 7.89. The average molecular weight is 382 g/mol. The highest BCUT2D eigenvalue weighted by Gasteiger charge is 2.48. The highest BCUT2D eigenvalue weighted by Crippen LogP contribution is 2.43. The standard InChI is InChI=1S/C19H14N2O3S2/c1-11-4-6-12(7-5-11)16(22)14-15(13-3-2-9-25-13)21(18(24)17(14)23)19-20-8-10-26-19/h2-10,15,22H,1H3/t15-/m1/s1. The van der Waals surface area contributed by atoms with Gasteiger partial charge in [0.1, 0.15) is 11.8 Å². The molecule has 1 amide bonds. The molecule has 0 spiro atoms. The van der Waals surface area contributed by atoms with Crippen molar-refractivity contribution < 1.29 is 14.7 Å². The number of aliphatic hydroxyl groups excluding tert-OH is 1. The molecule has 130 valence electrons. The van der Waals surface area contributed by atoms with Gasteiger partial charge in [0.05, 0.1) is 5.57 Å². The molecule has 1 aromatic carbocycles. The fraction of sp³-hybridized carbons (Fsp3) is 0.105. The van der Waals surface area contributed by atoms with Gasteiger partial charge in [0.15, 0.2) is 5.13 Å². The maximum atomic E-state index is 12.8. The van der Waals surface area contributed by atoms with Crippen LogP contribution in [0.4, 0.5) is 5.13 Å². The Labute approximate surface area is 157 Å². The van der Waals surface area contributed by atoms with Crippen LogP contribution in [-0.4, -0.2) is 21.8 Å². The van der Waals surface area contributed by atoms with Crippen molar-refractivity contribution in [2.24, 2.45) is 0 Å². The number of rotatable bonds is 3. The number of hydrogen-bond acceptors (Lipinski definition) is 6. The van der Waals surface area contributed by atoms with Crippen LogP contribution in [0.2, 0.25) is 0 Å².